The topological polar surface area (TPSA) is 52.6 Å². The van der Waals surface area contributed by atoms with E-state index in [0.29, 0.717) is 13.2 Å². The fraction of sp³-hybridized carbons (Fsp3) is 1.00. The number of hydrogen-bond acceptors (Lipinski definition) is 4. The predicted octanol–water partition coefficient (Wildman–Crippen LogP) is -0.434. The Labute approximate surface area is 55.9 Å². The lowest BCUT2D eigenvalue weighted by molar-refractivity contribution is 0.114. The Hall–Kier alpha value is -0.130. The van der Waals surface area contributed by atoms with Crippen molar-refractivity contribution in [2.45, 2.75) is 6.92 Å². The van der Waals surface area contributed by atoms with E-state index in [0.717, 1.165) is 0 Å². The van der Waals surface area contributed by atoms with Gasteiger partial charge in [-0.05, 0) is 6.92 Å². The molecule has 0 bridgehead atoms. The summed E-state index contributed by atoms with van der Waals surface area (Å²) in [6.45, 7) is 2.86. The van der Waals surface area contributed by atoms with E-state index in [-0.39, 0.29) is 6.61 Å². The van der Waals surface area contributed by atoms with E-state index in [2.05, 4.69) is 4.18 Å². The van der Waals surface area contributed by atoms with Gasteiger partial charge in [0.2, 0.25) is 0 Å². The molecule has 0 unspecified atom stereocenters. The maximum atomic E-state index is 9.72. The largest absolute Gasteiger partial charge is 0.379 e. The summed E-state index contributed by atoms with van der Waals surface area (Å²) in [7, 11) is -2.70. The van der Waals surface area contributed by atoms with Crippen molar-refractivity contribution in [3.05, 3.63) is 0 Å². The molecule has 0 heterocycles. The second-order valence-corrected chi connectivity index (χ2v) is 1.96. The fourth-order valence-electron chi connectivity index (χ4n) is 0.315. The van der Waals surface area contributed by atoms with Crippen molar-refractivity contribution in [1.82, 2.24) is 0 Å². The zero-order chi connectivity index (χ0) is 7.11. The first-order valence-corrected chi connectivity index (χ1v) is 3.72. The van der Waals surface area contributed by atoms with Gasteiger partial charge in [0, 0.05) is 6.61 Å². The number of hydrogen-bond donors (Lipinski definition) is 1. The molecule has 0 fully saturated rings. The van der Waals surface area contributed by atoms with Gasteiger partial charge in [-0.3, -0.25) is 4.18 Å². The Morgan fingerprint density at radius 3 is 2.44 bits per heavy atom. The van der Waals surface area contributed by atoms with Crippen LogP contribution in [0.4, 0.5) is 0 Å². The van der Waals surface area contributed by atoms with E-state index in [1.807, 2.05) is 6.92 Å². The molecule has 4 nitrogen and oxygen atoms in total. The third-order valence-corrected chi connectivity index (χ3v) is 1.02. The lowest BCUT2D eigenvalue weighted by Crippen LogP contribution is -2.02. The summed E-state index contributed by atoms with van der Waals surface area (Å²) in [6, 6.07) is 0. The molecule has 0 aliphatic rings. The van der Waals surface area contributed by atoms with Crippen LogP contribution in [0.1, 0.15) is 6.92 Å². The van der Waals surface area contributed by atoms with Gasteiger partial charge in [-0.15, -0.1) is 0 Å². The SMILES string of the molecule is CCOCCO[SH](=O)=O. The Bertz CT molecular complexity index is 112. The molecule has 9 heavy (non-hydrogen) atoms. The van der Waals surface area contributed by atoms with E-state index in [1.54, 1.807) is 0 Å². The van der Waals surface area contributed by atoms with E-state index < -0.39 is 11.0 Å². The molecule has 0 aliphatic heterocycles. The van der Waals surface area contributed by atoms with Crippen molar-refractivity contribution in [1.29, 1.82) is 0 Å². The molecule has 0 saturated carbocycles. The zero-order valence-corrected chi connectivity index (χ0v) is 6.10. The van der Waals surface area contributed by atoms with Crippen molar-refractivity contribution in [2.24, 2.45) is 0 Å². The van der Waals surface area contributed by atoms with E-state index in [1.165, 1.54) is 0 Å². The third kappa shape index (κ3) is 7.87. The second kappa shape index (κ2) is 6.00. The number of ether oxygens (including phenoxy) is 1. The molecule has 0 aliphatic carbocycles. The number of rotatable bonds is 5. The van der Waals surface area contributed by atoms with Crippen LogP contribution in [0.2, 0.25) is 0 Å². The first-order chi connectivity index (χ1) is 4.27. The minimum atomic E-state index is -2.70. The molecule has 0 amide bonds. The van der Waals surface area contributed by atoms with Gasteiger partial charge in [0.1, 0.15) is 0 Å². The minimum absolute atomic E-state index is 0.118. The van der Waals surface area contributed by atoms with E-state index in [4.69, 9.17) is 4.74 Å². The molecular weight excluding hydrogens is 144 g/mol. The van der Waals surface area contributed by atoms with Crippen molar-refractivity contribution in [3.63, 3.8) is 0 Å². The lowest BCUT2D eigenvalue weighted by atomic mass is 10.8. The molecule has 0 rings (SSSR count). The molecule has 0 N–H and O–H groups in total. The molecule has 0 aromatic carbocycles. The van der Waals surface area contributed by atoms with Gasteiger partial charge in [-0.1, -0.05) is 0 Å². The molecule has 0 aromatic heterocycles. The summed E-state index contributed by atoms with van der Waals surface area (Å²) in [4.78, 5) is 0. The summed E-state index contributed by atoms with van der Waals surface area (Å²) < 4.78 is 28.4. The highest BCUT2D eigenvalue weighted by Gasteiger charge is 1.85. The zero-order valence-electron chi connectivity index (χ0n) is 5.20. The molecule has 0 spiro atoms. The number of thiol groups is 1. The summed E-state index contributed by atoms with van der Waals surface area (Å²) in [5.41, 5.74) is 0. The Balaban J connectivity index is 2.92. The molecular formula is C4H10O4S. The van der Waals surface area contributed by atoms with Gasteiger partial charge in [-0.25, -0.2) is 8.42 Å². The van der Waals surface area contributed by atoms with Gasteiger partial charge in [0.05, 0.1) is 13.2 Å². The van der Waals surface area contributed by atoms with Crippen LogP contribution in [0.3, 0.4) is 0 Å². The molecule has 5 heteroatoms. The molecule has 0 radical (unpaired) electrons. The average molecular weight is 154 g/mol. The smallest absolute Gasteiger partial charge is 0.257 e. The lowest BCUT2D eigenvalue weighted by Gasteiger charge is -1.95. The van der Waals surface area contributed by atoms with Crippen molar-refractivity contribution >= 4 is 11.0 Å². The summed E-state index contributed by atoms with van der Waals surface area (Å²) in [5, 5.41) is 0. The quantitative estimate of drug-likeness (QED) is 0.431. The van der Waals surface area contributed by atoms with Crippen LogP contribution in [0.5, 0.6) is 0 Å². The maximum Gasteiger partial charge on any atom is 0.257 e. The summed E-state index contributed by atoms with van der Waals surface area (Å²) in [6.07, 6.45) is 0. The summed E-state index contributed by atoms with van der Waals surface area (Å²) >= 11 is 0. The molecule has 0 saturated heterocycles. The van der Waals surface area contributed by atoms with E-state index >= 15 is 0 Å². The first-order valence-electron chi connectivity index (χ1n) is 2.62. The average Bonchev–Trinajstić information content (AvgIpc) is 1.80. The molecule has 56 valence electrons. The molecule has 0 atom stereocenters. The van der Waals surface area contributed by atoms with Crippen LogP contribution in [-0.4, -0.2) is 28.2 Å². The Kier molecular flexibility index (Phi) is 5.91. The highest BCUT2D eigenvalue weighted by Crippen LogP contribution is 1.75. The second-order valence-electron chi connectivity index (χ2n) is 1.25. The van der Waals surface area contributed by atoms with Crippen LogP contribution in [0.15, 0.2) is 0 Å². The van der Waals surface area contributed by atoms with Crippen molar-refractivity contribution < 1.29 is 17.3 Å². The van der Waals surface area contributed by atoms with Gasteiger partial charge in [0.15, 0.2) is 0 Å². The molecule has 0 aromatic rings. The maximum absolute atomic E-state index is 9.72. The van der Waals surface area contributed by atoms with Crippen molar-refractivity contribution in [2.75, 3.05) is 19.8 Å². The van der Waals surface area contributed by atoms with Crippen LogP contribution in [0, 0.1) is 0 Å². The van der Waals surface area contributed by atoms with Crippen LogP contribution >= 0.6 is 0 Å². The fourth-order valence-corrected chi connectivity index (χ4v) is 0.539. The monoisotopic (exact) mass is 154 g/mol. The van der Waals surface area contributed by atoms with E-state index in [9.17, 15) is 8.42 Å². The van der Waals surface area contributed by atoms with Crippen molar-refractivity contribution in [3.8, 4) is 0 Å². The third-order valence-electron chi connectivity index (χ3n) is 0.628. The predicted molar refractivity (Wildman–Crippen MR) is 32.8 cm³/mol. The van der Waals surface area contributed by atoms with Gasteiger partial charge in [0.25, 0.3) is 11.0 Å². The highest BCUT2D eigenvalue weighted by molar-refractivity contribution is 7.67. The van der Waals surface area contributed by atoms with Crippen LogP contribution in [-0.2, 0) is 19.9 Å². The minimum Gasteiger partial charge on any atom is -0.379 e. The van der Waals surface area contributed by atoms with Crippen LogP contribution < -0.4 is 0 Å². The Morgan fingerprint density at radius 2 is 2.00 bits per heavy atom. The van der Waals surface area contributed by atoms with Gasteiger partial charge >= 0.3 is 0 Å². The Morgan fingerprint density at radius 1 is 1.33 bits per heavy atom. The van der Waals surface area contributed by atoms with Gasteiger partial charge in [-0.2, -0.15) is 0 Å². The van der Waals surface area contributed by atoms with Crippen LogP contribution in [0.25, 0.3) is 0 Å². The normalized spacial score (nSPS) is 10.4. The van der Waals surface area contributed by atoms with Gasteiger partial charge < -0.3 is 4.74 Å². The summed E-state index contributed by atoms with van der Waals surface area (Å²) in [5.74, 6) is 0. The first kappa shape index (κ1) is 8.87. The highest BCUT2D eigenvalue weighted by atomic mass is 32.2. The standard InChI is InChI=1S/C4H10O4S/c1-2-7-3-4-8-9(5)6/h9H,2-4H2,1H3.